The summed E-state index contributed by atoms with van der Waals surface area (Å²) in [6, 6.07) is 12.1. The van der Waals surface area contributed by atoms with Crippen LogP contribution in [0.15, 0.2) is 58.8 Å². The summed E-state index contributed by atoms with van der Waals surface area (Å²) >= 11 is 5.29. The summed E-state index contributed by atoms with van der Waals surface area (Å²) in [6.07, 6.45) is 1.56. The van der Waals surface area contributed by atoms with Gasteiger partial charge in [0.25, 0.3) is 5.91 Å². The molecule has 1 atom stereocenters. The maximum absolute atomic E-state index is 12.6. The Hall–Kier alpha value is -3.92. The number of hydrogen-bond donors (Lipinski definition) is 3. The lowest BCUT2D eigenvalue weighted by atomic mass is 9.95. The van der Waals surface area contributed by atoms with E-state index in [2.05, 4.69) is 21.2 Å². The van der Waals surface area contributed by atoms with E-state index in [1.807, 2.05) is 31.2 Å². The van der Waals surface area contributed by atoms with E-state index in [0.717, 1.165) is 16.9 Å². The number of aryl methyl sites for hydroxylation is 1. The van der Waals surface area contributed by atoms with Gasteiger partial charge in [-0.05, 0) is 68.4 Å². The van der Waals surface area contributed by atoms with Gasteiger partial charge in [0.2, 0.25) is 0 Å². The fourth-order valence-electron chi connectivity index (χ4n) is 3.53. The van der Waals surface area contributed by atoms with Gasteiger partial charge in [0.1, 0.15) is 11.5 Å². The summed E-state index contributed by atoms with van der Waals surface area (Å²) in [5, 5.41) is 10.4. The van der Waals surface area contributed by atoms with Gasteiger partial charge in [-0.25, -0.2) is 10.2 Å². The molecular formula is C25H28N4O5S. The van der Waals surface area contributed by atoms with E-state index in [1.165, 1.54) is 0 Å². The Kier molecular flexibility index (Phi) is 8.80. The number of ether oxygens (including phenoxy) is 3. The molecule has 1 aliphatic rings. The van der Waals surface area contributed by atoms with Crippen molar-refractivity contribution in [1.29, 1.82) is 0 Å². The molecule has 0 unspecified atom stereocenters. The second-order valence-corrected chi connectivity index (χ2v) is 8.04. The molecule has 35 heavy (non-hydrogen) atoms. The molecule has 0 radical (unpaired) electrons. The number of hydrogen-bond acceptors (Lipinski definition) is 7. The molecule has 0 aromatic heterocycles. The number of allylic oxidation sites excluding steroid dienone is 1. The summed E-state index contributed by atoms with van der Waals surface area (Å²) < 4.78 is 16.2. The van der Waals surface area contributed by atoms with Gasteiger partial charge in [-0.1, -0.05) is 18.2 Å². The Bertz CT molecular complexity index is 1180. The van der Waals surface area contributed by atoms with Crippen LogP contribution in [-0.4, -0.2) is 43.5 Å². The van der Waals surface area contributed by atoms with E-state index >= 15 is 0 Å². The second-order valence-electron chi connectivity index (χ2n) is 7.63. The monoisotopic (exact) mass is 496 g/mol. The van der Waals surface area contributed by atoms with Gasteiger partial charge in [0.05, 0.1) is 31.5 Å². The number of amides is 1. The first kappa shape index (κ1) is 25.7. The van der Waals surface area contributed by atoms with Crippen molar-refractivity contribution in [2.75, 3.05) is 20.3 Å². The van der Waals surface area contributed by atoms with E-state index in [-0.39, 0.29) is 13.2 Å². The Balaban J connectivity index is 1.70. The molecule has 0 fully saturated rings. The number of nitrogens with zero attached hydrogens (tertiary/aromatic N) is 1. The molecular weight excluding hydrogens is 468 g/mol. The molecule has 0 saturated carbocycles. The summed E-state index contributed by atoms with van der Waals surface area (Å²) in [4.78, 5) is 25.0. The molecule has 1 amide bonds. The maximum atomic E-state index is 12.6. The summed E-state index contributed by atoms with van der Waals surface area (Å²) in [5.74, 6) is 0.270. The molecule has 184 valence electrons. The normalized spacial score (nSPS) is 15.3. The van der Waals surface area contributed by atoms with Crippen LogP contribution in [0, 0.1) is 6.92 Å². The van der Waals surface area contributed by atoms with E-state index < -0.39 is 17.9 Å². The standard InChI is InChI=1S/C25H28N4O5S/c1-5-33-24(31)22-16(3)27-25(35)28-23(22)19-8-6-7-9-20(19)34-14-21(30)29-26-13-17-10-11-18(32-4)12-15(17)2/h6-13,23H,5,14H2,1-4H3,(H,29,30)(H2,27,28,35)/t23-/m1/s1. The zero-order chi connectivity index (χ0) is 25.4. The highest BCUT2D eigenvalue weighted by atomic mass is 32.1. The van der Waals surface area contributed by atoms with Gasteiger partial charge in [0.15, 0.2) is 11.7 Å². The molecule has 1 aliphatic heterocycles. The molecule has 1 heterocycles. The van der Waals surface area contributed by atoms with Gasteiger partial charge in [-0.3, -0.25) is 4.79 Å². The third kappa shape index (κ3) is 6.57. The summed E-state index contributed by atoms with van der Waals surface area (Å²) in [6.45, 7) is 5.38. The minimum Gasteiger partial charge on any atom is -0.497 e. The van der Waals surface area contributed by atoms with E-state index in [1.54, 1.807) is 45.4 Å². The van der Waals surface area contributed by atoms with Crippen LogP contribution >= 0.6 is 12.2 Å². The van der Waals surface area contributed by atoms with Crippen molar-refractivity contribution in [3.05, 3.63) is 70.4 Å². The van der Waals surface area contributed by atoms with Gasteiger partial charge in [-0.15, -0.1) is 0 Å². The number of benzene rings is 2. The summed E-state index contributed by atoms with van der Waals surface area (Å²) in [5.41, 5.74) is 5.89. The van der Waals surface area contributed by atoms with Gasteiger partial charge in [-0.2, -0.15) is 5.10 Å². The lowest BCUT2D eigenvalue weighted by Crippen LogP contribution is -2.45. The van der Waals surface area contributed by atoms with Crippen molar-refractivity contribution in [2.24, 2.45) is 5.10 Å². The predicted octanol–water partition coefficient (Wildman–Crippen LogP) is 2.89. The number of carbonyl (C=O) groups is 2. The number of rotatable bonds is 9. The highest BCUT2D eigenvalue weighted by Crippen LogP contribution is 2.33. The van der Waals surface area contributed by atoms with Crippen LogP contribution < -0.4 is 25.5 Å². The second kappa shape index (κ2) is 12.0. The molecule has 0 bridgehead atoms. The van der Waals surface area contributed by atoms with Crippen LogP contribution in [0.1, 0.15) is 36.6 Å². The Morgan fingerprint density at radius 1 is 1.20 bits per heavy atom. The van der Waals surface area contributed by atoms with E-state index in [4.69, 9.17) is 26.4 Å². The highest BCUT2D eigenvalue weighted by Gasteiger charge is 2.32. The molecule has 10 heteroatoms. The van der Waals surface area contributed by atoms with Gasteiger partial charge < -0.3 is 24.8 Å². The van der Waals surface area contributed by atoms with Crippen LogP contribution in [0.4, 0.5) is 0 Å². The number of esters is 1. The van der Waals surface area contributed by atoms with E-state index in [9.17, 15) is 9.59 Å². The van der Waals surface area contributed by atoms with Crippen molar-refractivity contribution in [2.45, 2.75) is 26.8 Å². The number of para-hydroxylation sites is 1. The van der Waals surface area contributed by atoms with Crippen LogP contribution in [0.5, 0.6) is 11.5 Å². The topological polar surface area (TPSA) is 110 Å². The number of carbonyl (C=O) groups excluding carboxylic acids is 2. The first-order chi connectivity index (χ1) is 16.8. The van der Waals surface area contributed by atoms with E-state index in [0.29, 0.717) is 27.7 Å². The van der Waals surface area contributed by atoms with Crippen molar-refractivity contribution >= 4 is 35.4 Å². The number of methoxy groups -OCH3 is 1. The summed E-state index contributed by atoms with van der Waals surface area (Å²) in [7, 11) is 1.60. The lowest BCUT2D eigenvalue weighted by Gasteiger charge is -2.30. The maximum Gasteiger partial charge on any atom is 0.338 e. The Labute approximate surface area is 209 Å². The predicted molar refractivity (Wildman–Crippen MR) is 136 cm³/mol. The third-order valence-electron chi connectivity index (χ3n) is 5.22. The average Bonchev–Trinajstić information content (AvgIpc) is 2.83. The molecule has 2 aromatic carbocycles. The molecule has 3 N–H and O–H groups in total. The Morgan fingerprint density at radius 2 is 1.97 bits per heavy atom. The number of nitrogens with one attached hydrogen (secondary N) is 3. The smallest absolute Gasteiger partial charge is 0.338 e. The minimum atomic E-state index is -0.599. The average molecular weight is 497 g/mol. The van der Waals surface area contributed by atoms with Gasteiger partial charge in [0, 0.05) is 11.3 Å². The van der Waals surface area contributed by atoms with Crippen LogP contribution in [0.2, 0.25) is 0 Å². The fourth-order valence-corrected chi connectivity index (χ4v) is 3.80. The molecule has 0 aliphatic carbocycles. The zero-order valence-corrected chi connectivity index (χ0v) is 20.8. The number of hydrazone groups is 1. The number of thiocarbonyl (C=S) groups is 1. The lowest BCUT2D eigenvalue weighted by molar-refractivity contribution is -0.139. The van der Waals surface area contributed by atoms with Gasteiger partial charge >= 0.3 is 5.97 Å². The first-order valence-electron chi connectivity index (χ1n) is 11.0. The Morgan fingerprint density at radius 3 is 2.69 bits per heavy atom. The molecule has 2 aromatic rings. The molecule has 0 spiro atoms. The van der Waals surface area contributed by atoms with Crippen LogP contribution in [-0.2, 0) is 14.3 Å². The quantitative estimate of drug-likeness (QED) is 0.210. The highest BCUT2D eigenvalue weighted by molar-refractivity contribution is 7.80. The SMILES string of the molecule is CCOC(=O)C1=C(C)NC(=S)N[C@@H]1c1ccccc1OCC(=O)NN=Cc1ccc(OC)cc1C. The van der Waals surface area contributed by atoms with Crippen molar-refractivity contribution in [3.63, 3.8) is 0 Å². The van der Waals surface area contributed by atoms with Crippen molar-refractivity contribution in [3.8, 4) is 11.5 Å². The molecule has 0 saturated heterocycles. The van der Waals surface area contributed by atoms with Crippen molar-refractivity contribution in [1.82, 2.24) is 16.1 Å². The zero-order valence-electron chi connectivity index (χ0n) is 20.0. The minimum absolute atomic E-state index is 0.238. The first-order valence-corrected chi connectivity index (χ1v) is 11.4. The molecule has 9 nitrogen and oxygen atoms in total. The van der Waals surface area contributed by atoms with Crippen LogP contribution in [0.25, 0.3) is 0 Å². The fraction of sp³-hybridized carbons (Fsp3) is 0.280. The largest absolute Gasteiger partial charge is 0.497 e. The third-order valence-corrected chi connectivity index (χ3v) is 5.44. The van der Waals surface area contributed by atoms with Crippen LogP contribution in [0.3, 0.4) is 0 Å². The molecule has 3 rings (SSSR count). The van der Waals surface area contributed by atoms with Crippen molar-refractivity contribution < 1.29 is 23.8 Å².